The molecule has 1 aromatic carbocycles. The molecule has 1 aromatic heterocycles. The fraction of sp³-hybridized carbons (Fsp3) is 0.500. The van der Waals surface area contributed by atoms with Crippen LogP contribution in [0.5, 0.6) is 5.75 Å². The van der Waals surface area contributed by atoms with E-state index < -0.39 is 0 Å². The minimum Gasteiger partial charge on any atom is -0.489 e. The zero-order valence-corrected chi connectivity index (χ0v) is 17.3. The van der Waals surface area contributed by atoms with Gasteiger partial charge in [0.1, 0.15) is 12.4 Å². The van der Waals surface area contributed by atoms with E-state index in [1.165, 1.54) is 47.4 Å². The third kappa shape index (κ3) is 3.90. The smallest absolute Gasteiger partial charge is 0.264 e. The third-order valence-corrected chi connectivity index (χ3v) is 6.86. The molecule has 5 heteroatoms. The Hall–Kier alpha value is -1.85. The summed E-state index contributed by atoms with van der Waals surface area (Å²) in [5.41, 5.74) is 4.71. The van der Waals surface area contributed by atoms with E-state index in [4.69, 9.17) is 4.74 Å². The number of rotatable bonds is 4. The number of hydrogen-bond acceptors (Lipinski definition) is 4. The van der Waals surface area contributed by atoms with Crippen molar-refractivity contribution < 1.29 is 9.53 Å². The molecule has 144 valence electrons. The van der Waals surface area contributed by atoms with E-state index in [0.29, 0.717) is 12.6 Å². The summed E-state index contributed by atoms with van der Waals surface area (Å²) in [4.78, 5) is 18.3. The average molecular weight is 385 g/mol. The van der Waals surface area contributed by atoms with Gasteiger partial charge in [0.25, 0.3) is 5.91 Å². The molecule has 0 N–H and O–H groups in total. The van der Waals surface area contributed by atoms with E-state index in [0.717, 1.165) is 35.8 Å². The molecule has 2 aliphatic heterocycles. The quantitative estimate of drug-likeness (QED) is 0.793. The number of carbonyl (C=O) groups excluding carboxylic acids is 1. The summed E-state index contributed by atoms with van der Waals surface area (Å²) in [6, 6.07) is 6.83. The molecule has 2 aliphatic rings. The molecule has 0 aliphatic carbocycles. The molecule has 4 rings (SSSR count). The molecule has 4 nitrogen and oxygen atoms in total. The molecule has 0 radical (unpaired) electrons. The lowest BCUT2D eigenvalue weighted by molar-refractivity contribution is 0.0576. The largest absolute Gasteiger partial charge is 0.489 e. The SMILES string of the molecule is Cc1cc(C)c(C)c(OCc2csc(C(=O)N3CCN4CCCC4C3)c2)c1. The summed E-state index contributed by atoms with van der Waals surface area (Å²) in [5, 5.41) is 2.05. The van der Waals surface area contributed by atoms with Crippen LogP contribution in [0.2, 0.25) is 0 Å². The van der Waals surface area contributed by atoms with Crippen LogP contribution in [0.4, 0.5) is 0 Å². The predicted octanol–water partition coefficient (Wildman–Crippen LogP) is 4.17. The second-order valence-corrected chi connectivity index (χ2v) is 8.81. The minimum absolute atomic E-state index is 0.181. The summed E-state index contributed by atoms with van der Waals surface area (Å²) < 4.78 is 6.05. The Morgan fingerprint density at radius 2 is 2.04 bits per heavy atom. The van der Waals surface area contributed by atoms with E-state index in [2.05, 4.69) is 43.2 Å². The molecule has 2 aromatic rings. The lowest BCUT2D eigenvalue weighted by Crippen LogP contribution is -2.51. The van der Waals surface area contributed by atoms with Gasteiger partial charge in [0.05, 0.1) is 4.88 Å². The minimum atomic E-state index is 0.181. The third-order valence-electron chi connectivity index (χ3n) is 5.90. The highest BCUT2D eigenvalue weighted by atomic mass is 32.1. The van der Waals surface area contributed by atoms with Crippen LogP contribution < -0.4 is 4.74 Å². The van der Waals surface area contributed by atoms with Crippen LogP contribution in [0.1, 0.15) is 44.8 Å². The number of fused-ring (bicyclic) bond motifs is 1. The summed E-state index contributed by atoms with van der Waals surface area (Å²) in [6.07, 6.45) is 2.49. The molecular weight excluding hydrogens is 356 g/mol. The van der Waals surface area contributed by atoms with Gasteiger partial charge in [-0.15, -0.1) is 11.3 Å². The number of amides is 1. The Balaban J connectivity index is 1.39. The summed E-state index contributed by atoms with van der Waals surface area (Å²) >= 11 is 1.54. The summed E-state index contributed by atoms with van der Waals surface area (Å²) in [5.74, 6) is 1.12. The van der Waals surface area contributed by atoms with Crippen molar-refractivity contribution in [2.45, 2.75) is 46.3 Å². The molecule has 0 spiro atoms. The number of piperazine rings is 1. The van der Waals surface area contributed by atoms with Gasteiger partial charge in [-0.2, -0.15) is 0 Å². The highest BCUT2D eigenvalue weighted by Crippen LogP contribution is 2.27. The zero-order valence-electron chi connectivity index (χ0n) is 16.5. The van der Waals surface area contributed by atoms with Crippen LogP contribution in [-0.4, -0.2) is 47.9 Å². The van der Waals surface area contributed by atoms with Crippen LogP contribution >= 0.6 is 11.3 Å². The molecule has 2 saturated heterocycles. The molecule has 27 heavy (non-hydrogen) atoms. The summed E-state index contributed by atoms with van der Waals surface area (Å²) in [6.45, 7) is 10.7. The van der Waals surface area contributed by atoms with Gasteiger partial charge in [0.15, 0.2) is 0 Å². The molecule has 3 heterocycles. The fourth-order valence-electron chi connectivity index (χ4n) is 4.21. The van der Waals surface area contributed by atoms with E-state index in [-0.39, 0.29) is 5.91 Å². The molecule has 0 saturated carbocycles. The van der Waals surface area contributed by atoms with Gasteiger partial charge in [-0.1, -0.05) is 6.07 Å². The van der Waals surface area contributed by atoms with Crippen molar-refractivity contribution in [3.63, 3.8) is 0 Å². The topological polar surface area (TPSA) is 32.8 Å². The maximum absolute atomic E-state index is 12.9. The number of thiophene rings is 1. The molecule has 1 amide bonds. The number of ether oxygens (including phenoxy) is 1. The van der Waals surface area contributed by atoms with Crippen molar-refractivity contribution in [3.05, 3.63) is 50.7 Å². The summed E-state index contributed by atoms with van der Waals surface area (Å²) in [7, 11) is 0. The standard InChI is InChI=1S/C22H28N2O2S/c1-15-9-16(2)17(3)20(10-15)26-13-18-11-21(27-14-18)22(25)24-8-7-23-6-4-5-19(23)12-24/h9-11,14,19H,4-8,12-13H2,1-3H3. The maximum Gasteiger partial charge on any atom is 0.264 e. The Bertz CT molecular complexity index is 845. The molecular formula is C22H28N2O2S. The lowest BCUT2D eigenvalue weighted by atomic mass is 10.1. The molecule has 1 atom stereocenters. The number of carbonyl (C=O) groups is 1. The highest BCUT2D eigenvalue weighted by Gasteiger charge is 2.33. The van der Waals surface area contributed by atoms with E-state index in [1.54, 1.807) is 0 Å². The van der Waals surface area contributed by atoms with Crippen LogP contribution in [0, 0.1) is 20.8 Å². The van der Waals surface area contributed by atoms with E-state index in [9.17, 15) is 4.79 Å². The predicted molar refractivity (Wildman–Crippen MR) is 110 cm³/mol. The van der Waals surface area contributed by atoms with Crippen molar-refractivity contribution in [1.29, 1.82) is 0 Å². The van der Waals surface area contributed by atoms with Gasteiger partial charge >= 0.3 is 0 Å². The normalized spacial score (nSPS) is 20.0. The Morgan fingerprint density at radius 3 is 2.89 bits per heavy atom. The Kier molecular flexibility index (Phi) is 5.24. The van der Waals surface area contributed by atoms with Gasteiger partial charge in [0.2, 0.25) is 0 Å². The van der Waals surface area contributed by atoms with Crippen molar-refractivity contribution in [2.75, 3.05) is 26.2 Å². The first-order chi connectivity index (χ1) is 13.0. The van der Waals surface area contributed by atoms with Crippen molar-refractivity contribution in [2.24, 2.45) is 0 Å². The number of benzene rings is 1. The second kappa shape index (κ2) is 7.64. The first kappa shape index (κ1) is 18.5. The van der Waals surface area contributed by atoms with E-state index >= 15 is 0 Å². The molecule has 0 bridgehead atoms. The zero-order chi connectivity index (χ0) is 19.0. The molecule has 1 unspecified atom stereocenters. The van der Waals surface area contributed by atoms with E-state index in [1.807, 2.05) is 11.0 Å². The molecule has 2 fully saturated rings. The first-order valence-corrected chi connectivity index (χ1v) is 10.7. The number of nitrogens with zero attached hydrogens (tertiary/aromatic N) is 2. The van der Waals surface area contributed by atoms with Crippen LogP contribution in [-0.2, 0) is 6.61 Å². The van der Waals surface area contributed by atoms with Crippen LogP contribution in [0.15, 0.2) is 23.6 Å². The number of hydrogen-bond donors (Lipinski definition) is 0. The fourth-order valence-corrected chi connectivity index (χ4v) is 5.07. The van der Waals surface area contributed by atoms with Gasteiger partial charge in [-0.25, -0.2) is 0 Å². The van der Waals surface area contributed by atoms with Crippen molar-refractivity contribution >= 4 is 17.2 Å². The highest BCUT2D eigenvalue weighted by molar-refractivity contribution is 7.12. The Morgan fingerprint density at radius 1 is 1.19 bits per heavy atom. The van der Waals surface area contributed by atoms with Gasteiger partial charge in [-0.05, 0) is 74.4 Å². The Labute approximate surface area is 165 Å². The van der Waals surface area contributed by atoms with Gasteiger partial charge in [-0.3, -0.25) is 9.69 Å². The lowest BCUT2D eigenvalue weighted by Gasteiger charge is -2.37. The average Bonchev–Trinajstić information content (AvgIpc) is 3.31. The first-order valence-electron chi connectivity index (χ1n) is 9.82. The van der Waals surface area contributed by atoms with Gasteiger partial charge < -0.3 is 9.64 Å². The van der Waals surface area contributed by atoms with Crippen LogP contribution in [0.25, 0.3) is 0 Å². The number of aryl methyl sites for hydroxylation is 2. The van der Waals surface area contributed by atoms with Crippen molar-refractivity contribution in [3.8, 4) is 5.75 Å². The van der Waals surface area contributed by atoms with Gasteiger partial charge in [0, 0.05) is 31.2 Å². The second-order valence-electron chi connectivity index (χ2n) is 7.90. The monoisotopic (exact) mass is 384 g/mol. The maximum atomic E-state index is 12.9. The van der Waals surface area contributed by atoms with Crippen LogP contribution in [0.3, 0.4) is 0 Å². The van der Waals surface area contributed by atoms with Crippen molar-refractivity contribution in [1.82, 2.24) is 9.80 Å².